The van der Waals surface area contributed by atoms with Crippen LogP contribution in [0.1, 0.15) is 37.2 Å². The lowest BCUT2D eigenvalue weighted by molar-refractivity contribution is 0.401. The molecule has 0 saturated heterocycles. The van der Waals surface area contributed by atoms with Gasteiger partial charge in [-0.05, 0) is 60.2 Å². The van der Waals surface area contributed by atoms with Gasteiger partial charge in [-0.2, -0.15) is 5.10 Å². The maximum Gasteiger partial charge on any atom is 0.161 e. The van der Waals surface area contributed by atoms with E-state index in [1.54, 1.807) is 13.3 Å². The van der Waals surface area contributed by atoms with Gasteiger partial charge in [0.1, 0.15) is 5.69 Å². The number of halogens is 2. The minimum atomic E-state index is -0.293. The third kappa shape index (κ3) is 3.01. The van der Waals surface area contributed by atoms with Crippen molar-refractivity contribution in [3.05, 3.63) is 43.7 Å². The fourth-order valence-corrected chi connectivity index (χ4v) is 3.13. The quantitative estimate of drug-likeness (QED) is 0.720. The number of benzene rings is 1. The van der Waals surface area contributed by atoms with Gasteiger partial charge in [0.25, 0.3) is 0 Å². The summed E-state index contributed by atoms with van der Waals surface area (Å²) < 4.78 is 9.45. The number of ether oxygens (including phenoxy) is 1. The van der Waals surface area contributed by atoms with Crippen LogP contribution in [0.15, 0.2) is 28.9 Å². The number of rotatable bonds is 4. The minimum Gasteiger partial charge on any atom is -0.493 e. The standard InChI is InChI=1S/C14H17BrIN3O/c1-8(2)19-14(12(20-3)7-18-19)13(17)10-6-9(16)4-5-11(10)15/h4-8,13H,17H2,1-3H3. The van der Waals surface area contributed by atoms with Gasteiger partial charge in [0.2, 0.25) is 0 Å². The van der Waals surface area contributed by atoms with Crippen molar-refractivity contribution < 1.29 is 4.74 Å². The third-order valence-corrected chi connectivity index (χ3v) is 4.49. The van der Waals surface area contributed by atoms with Crippen molar-refractivity contribution in [1.29, 1.82) is 0 Å². The lowest BCUT2D eigenvalue weighted by Crippen LogP contribution is -2.20. The first-order chi connectivity index (χ1) is 9.45. The van der Waals surface area contributed by atoms with E-state index in [2.05, 4.69) is 63.5 Å². The topological polar surface area (TPSA) is 53.1 Å². The Morgan fingerprint density at radius 1 is 1.40 bits per heavy atom. The zero-order valence-electron chi connectivity index (χ0n) is 11.6. The van der Waals surface area contributed by atoms with E-state index in [0.717, 1.165) is 25.0 Å². The summed E-state index contributed by atoms with van der Waals surface area (Å²) in [5.74, 6) is 0.719. The number of aromatic nitrogens is 2. The van der Waals surface area contributed by atoms with E-state index in [4.69, 9.17) is 10.5 Å². The van der Waals surface area contributed by atoms with Gasteiger partial charge in [0.15, 0.2) is 5.75 Å². The van der Waals surface area contributed by atoms with Gasteiger partial charge in [0.05, 0.1) is 19.3 Å². The smallest absolute Gasteiger partial charge is 0.161 e. The average molecular weight is 450 g/mol. The fraction of sp³-hybridized carbons (Fsp3) is 0.357. The van der Waals surface area contributed by atoms with Crippen LogP contribution in [0.25, 0.3) is 0 Å². The summed E-state index contributed by atoms with van der Waals surface area (Å²) in [5, 5.41) is 4.38. The van der Waals surface area contributed by atoms with E-state index in [-0.39, 0.29) is 12.1 Å². The Morgan fingerprint density at radius 3 is 2.70 bits per heavy atom. The molecule has 0 spiro atoms. The van der Waals surface area contributed by atoms with E-state index in [1.165, 1.54) is 0 Å². The summed E-state index contributed by atoms with van der Waals surface area (Å²) in [6.07, 6.45) is 1.72. The van der Waals surface area contributed by atoms with Gasteiger partial charge in [0, 0.05) is 14.1 Å². The summed E-state index contributed by atoms with van der Waals surface area (Å²) in [6.45, 7) is 4.15. The molecule has 0 fully saturated rings. The van der Waals surface area contributed by atoms with E-state index in [0.29, 0.717) is 0 Å². The van der Waals surface area contributed by atoms with Crippen LogP contribution < -0.4 is 10.5 Å². The number of methoxy groups -OCH3 is 1. The molecule has 2 rings (SSSR count). The Bertz CT molecular complexity index is 612. The highest BCUT2D eigenvalue weighted by Gasteiger charge is 2.23. The largest absolute Gasteiger partial charge is 0.493 e. The second kappa shape index (κ2) is 6.44. The van der Waals surface area contributed by atoms with Crippen molar-refractivity contribution in [2.75, 3.05) is 7.11 Å². The van der Waals surface area contributed by atoms with Gasteiger partial charge in [-0.25, -0.2) is 0 Å². The predicted octanol–water partition coefficient (Wildman–Crippen LogP) is 3.89. The Kier molecular flexibility index (Phi) is 5.09. The zero-order valence-corrected chi connectivity index (χ0v) is 15.3. The van der Waals surface area contributed by atoms with Gasteiger partial charge < -0.3 is 10.5 Å². The maximum absolute atomic E-state index is 6.47. The first-order valence-electron chi connectivity index (χ1n) is 6.27. The van der Waals surface area contributed by atoms with Crippen molar-refractivity contribution in [2.24, 2.45) is 5.73 Å². The summed E-state index contributed by atoms with van der Waals surface area (Å²) >= 11 is 5.85. The van der Waals surface area contributed by atoms with Crippen molar-refractivity contribution in [3.8, 4) is 5.75 Å². The summed E-state index contributed by atoms with van der Waals surface area (Å²) in [4.78, 5) is 0. The highest BCUT2D eigenvalue weighted by atomic mass is 127. The number of nitrogens with two attached hydrogens (primary N) is 1. The summed E-state index contributed by atoms with van der Waals surface area (Å²) in [6, 6.07) is 6.06. The van der Waals surface area contributed by atoms with Gasteiger partial charge in [-0.15, -0.1) is 0 Å². The SMILES string of the molecule is COc1cnn(C(C)C)c1C(N)c1cc(I)ccc1Br. The van der Waals surface area contributed by atoms with Crippen LogP contribution in [0.2, 0.25) is 0 Å². The molecule has 1 aromatic heterocycles. The average Bonchev–Trinajstić information content (AvgIpc) is 2.84. The van der Waals surface area contributed by atoms with Crippen LogP contribution in [0, 0.1) is 3.57 Å². The molecule has 1 aromatic carbocycles. The molecule has 0 bridgehead atoms. The zero-order chi connectivity index (χ0) is 14.9. The molecule has 0 amide bonds. The molecule has 4 nitrogen and oxygen atoms in total. The lowest BCUT2D eigenvalue weighted by atomic mass is 10.0. The molecule has 6 heteroatoms. The van der Waals surface area contributed by atoms with E-state index < -0.39 is 0 Å². The molecule has 1 heterocycles. The highest BCUT2D eigenvalue weighted by molar-refractivity contribution is 14.1. The first kappa shape index (κ1) is 15.8. The lowest BCUT2D eigenvalue weighted by Gasteiger charge is -2.19. The van der Waals surface area contributed by atoms with Crippen molar-refractivity contribution >= 4 is 38.5 Å². The fourth-order valence-electron chi connectivity index (χ4n) is 2.12. The van der Waals surface area contributed by atoms with Gasteiger partial charge in [-0.3, -0.25) is 4.68 Å². The number of hydrogen-bond donors (Lipinski definition) is 1. The van der Waals surface area contributed by atoms with Crippen LogP contribution in [0.5, 0.6) is 5.75 Å². The molecule has 108 valence electrons. The molecule has 0 radical (unpaired) electrons. The summed E-state index contributed by atoms with van der Waals surface area (Å²) in [5.41, 5.74) is 8.39. The molecular weight excluding hydrogens is 433 g/mol. The monoisotopic (exact) mass is 449 g/mol. The first-order valence-corrected chi connectivity index (χ1v) is 8.14. The van der Waals surface area contributed by atoms with Crippen molar-refractivity contribution in [2.45, 2.75) is 25.9 Å². The normalized spacial score (nSPS) is 12.8. The third-order valence-electron chi connectivity index (χ3n) is 3.10. The van der Waals surface area contributed by atoms with Crippen molar-refractivity contribution in [1.82, 2.24) is 9.78 Å². The molecule has 2 N–H and O–H groups in total. The molecular formula is C14H17BrIN3O. The molecule has 1 atom stereocenters. The van der Waals surface area contributed by atoms with E-state index in [1.807, 2.05) is 16.8 Å². The molecule has 0 aliphatic heterocycles. The van der Waals surface area contributed by atoms with Gasteiger partial charge in [-0.1, -0.05) is 15.9 Å². The minimum absolute atomic E-state index is 0.224. The van der Waals surface area contributed by atoms with Crippen LogP contribution in [-0.2, 0) is 0 Å². The number of nitrogens with zero attached hydrogens (tertiary/aromatic N) is 2. The predicted molar refractivity (Wildman–Crippen MR) is 92.1 cm³/mol. The second-order valence-corrected chi connectivity index (χ2v) is 6.88. The van der Waals surface area contributed by atoms with Gasteiger partial charge >= 0.3 is 0 Å². The maximum atomic E-state index is 6.47. The Hall–Kier alpha value is -0.600. The molecule has 0 saturated carbocycles. The van der Waals surface area contributed by atoms with Crippen molar-refractivity contribution in [3.63, 3.8) is 0 Å². The van der Waals surface area contributed by atoms with E-state index in [9.17, 15) is 0 Å². The van der Waals surface area contributed by atoms with Crippen LogP contribution in [0.3, 0.4) is 0 Å². The van der Waals surface area contributed by atoms with Crippen LogP contribution in [0.4, 0.5) is 0 Å². The molecule has 2 aromatic rings. The van der Waals surface area contributed by atoms with E-state index >= 15 is 0 Å². The van der Waals surface area contributed by atoms with Crippen LogP contribution >= 0.6 is 38.5 Å². The molecule has 0 aliphatic carbocycles. The Morgan fingerprint density at radius 2 is 2.10 bits per heavy atom. The Balaban J connectivity index is 2.55. The second-order valence-electron chi connectivity index (χ2n) is 4.78. The highest BCUT2D eigenvalue weighted by Crippen LogP contribution is 2.34. The Labute approximate surface area is 141 Å². The molecule has 0 aliphatic rings. The summed E-state index contributed by atoms with van der Waals surface area (Å²) in [7, 11) is 1.64. The number of hydrogen-bond acceptors (Lipinski definition) is 3. The molecule has 1 unspecified atom stereocenters. The van der Waals surface area contributed by atoms with Crippen LogP contribution in [-0.4, -0.2) is 16.9 Å². The molecule has 20 heavy (non-hydrogen) atoms.